The number of esters is 1. The van der Waals surface area contributed by atoms with Crippen LogP contribution in [0.5, 0.6) is 0 Å². The Bertz CT molecular complexity index is 415. The highest BCUT2D eigenvalue weighted by Crippen LogP contribution is 2.11. The smallest absolute Gasteiger partial charge is 0.342 e. The molecule has 0 spiro atoms. The molecule has 4 nitrogen and oxygen atoms in total. The lowest BCUT2D eigenvalue weighted by atomic mass is 10.4. The average molecular weight is 318 g/mol. The summed E-state index contributed by atoms with van der Waals surface area (Å²) in [6.45, 7) is 4.40. The molecule has 0 saturated carbocycles. The zero-order valence-electron chi connectivity index (χ0n) is 8.58. The number of hydrogen-bond acceptors (Lipinski definition) is 3. The van der Waals surface area contributed by atoms with Crippen LogP contribution in [0.25, 0.3) is 0 Å². The number of aromatic nitrogens is 2. The minimum Gasteiger partial charge on any atom is -0.462 e. The Morgan fingerprint density at radius 3 is 3.07 bits per heavy atom. The van der Waals surface area contributed by atoms with Gasteiger partial charge in [0.15, 0.2) is 0 Å². The molecule has 0 bridgehead atoms. The molecule has 0 N–H and O–H groups in total. The van der Waals surface area contributed by atoms with Crippen LogP contribution in [0, 0.1) is 15.5 Å². The molecule has 0 aromatic carbocycles. The summed E-state index contributed by atoms with van der Waals surface area (Å²) in [7, 11) is 0. The van der Waals surface area contributed by atoms with Crippen molar-refractivity contribution in [2.45, 2.75) is 20.4 Å². The van der Waals surface area contributed by atoms with Crippen LogP contribution in [-0.4, -0.2) is 22.4 Å². The maximum atomic E-state index is 11.4. The first kappa shape index (κ1) is 12.0. The minimum atomic E-state index is -0.336. The van der Waals surface area contributed by atoms with Gasteiger partial charge in [-0.3, -0.25) is 4.68 Å². The Morgan fingerprint density at radius 2 is 2.47 bits per heavy atom. The second-order valence-electron chi connectivity index (χ2n) is 2.68. The van der Waals surface area contributed by atoms with E-state index >= 15 is 0 Å². The molecule has 0 atom stereocenters. The van der Waals surface area contributed by atoms with Crippen LogP contribution in [0.4, 0.5) is 0 Å². The van der Waals surface area contributed by atoms with Crippen LogP contribution in [0.1, 0.15) is 24.2 Å². The highest BCUT2D eigenvalue weighted by Gasteiger charge is 2.14. The number of nitrogens with zero attached hydrogens (tertiary/aromatic N) is 2. The number of halogens is 1. The van der Waals surface area contributed by atoms with Gasteiger partial charge in [0.1, 0.15) is 15.8 Å². The van der Waals surface area contributed by atoms with E-state index in [-0.39, 0.29) is 5.97 Å². The van der Waals surface area contributed by atoms with Crippen LogP contribution >= 0.6 is 22.6 Å². The van der Waals surface area contributed by atoms with E-state index in [2.05, 4.69) is 16.9 Å². The van der Waals surface area contributed by atoms with Crippen molar-refractivity contribution in [1.82, 2.24) is 9.78 Å². The normalized spacial score (nSPS) is 9.27. The van der Waals surface area contributed by atoms with Gasteiger partial charge >= 0.3 is 5.97 Å². The topological polar surface area (TPSA) is 44.1 Å². The van der Waals surface area contributed by atoms with E-state index in [0.717, 1.165) is 0 Å². The van der Waals surface area contributed by atoms with Gasteiger partial charge in [0.2, 0.25) is 0 Å². The van der Waals surface area contributed by atoms with Crippen LogP contribution < -0.4 is 0 Å². The third kappa shape index (κ3) is 3.23. The molecule has 0 unspecified atom stereocenters. The molecule has 0 aliphatic rings. The lowest BCUT2D eigenvalue weighted by Gasteiger charge is -1.97. The Hall–Kier alpha value is -1.03. The van der Waals surface area contributed by atoms with E-state index in [1.54, 1.807) is 24.7 Å². The standard InChI is InChI=1S/C10H11IN2O2/c1-3-5-6-13-7-8(9(11)12-13)10(14)15-4-2/h7H,4,6H2,1-2H3. The van der Waals surface area contributed by atoms with Crippen molar-refractivity contribution in [3.8, 4) is 11.8 Å². The van der Waals surface area contributed by atoms with Crippen LogP contribution in [-0.2, 0) is 11.3 Å². The first-order chi connectivity index (χ1) is 7.19. The van der Waals surface area contributed by atoms with Crippen molar-refractivity contribution < 1.29 is 9.53 Å². The van der Waals surface area contributed by atoms with Crippen LogP contribution in [0.15, 0.2) is 6.20 Å². The molecule has 1 rings (SSSR count). The molecular weight excluding hydrogens is 307 g/mol. The molecule has 80 valence electrons. The molecule has 1 aromatic heterocycles. The monoisotopic (exact) mass is 318 g/mol. The van der Waals surface area contributed by atoms with Gasteiger partial charge in [-0.15, -0.1) is 5.92 Å². The number of ether oxygens (including phenoxy) is 1. The zero-order valence-corrected chi connectivity index (χ0v) is 10.7. The van der Waals surface area contributed by atoms with Gasteiger partial charge in [-0.2, -0.15) is 5.10 Å². The fourth-order valence-corrected chi connectivity index (χ4v) is 1.62. The molecule has 0 aliphatic heterocycles. The van der Waals surface area contributed by atoms with Crippen molar-refractivity contribution in [3.05, 3.63) is 15.5 Å². The summed E-state index contributed by atoms with van der Waals surface area (Å²) in [4.78, 5) is 11.4. The lowest BCUT2D eigenvalue weighted by Crippen LogP contribution is -2.04. The van der Waals surface area contributed by atoms with Gasteiger partial charge in [-0.05, 0) is 36.4 Å². The van der Waals surface area contributed by atoms with Crippen molar-refractivity contribution >= 4 is 28.6 Å². The summed E-state index contributed by atoms with van der Waals surface area (Å²) in [6.07, 6.45) is 1.66. The Labute approximate surface area is 102 Å². The van der Waals surface area contributed by atoms with Gasteiger partial charge in [0.25, 0.3) is 0 Å². The summed E-state index contributed by atoms with van der Waals surface area (Å²) in [5.74, 6) is 5.31. The molecule has 0 radical (unpaired) electrons. The summed E-state index contributed by atoms with van der Waals surface area (Å²) in [5.41, 5.74) is 0.496. The molecule has 0 aliphatic carbocycles. The highest BCUT2D eigenvalue weighted by atomic mass is 127. The van der Waals surface area contributed by atoms with Crippen molar-refractivity contribution in [3.63, 3.8) is 0 Å². The molecule has 15 heavy (non-hydrogen) atoms. The summed E-state index contributed by atoms with van der Waals surface area (Å²) in [5, 5.41) is 4.15. The first-order valence-corrected chi connectivity index (χ1v) is 5.56. The molecule has 1 heterocycles. The predicted molar refractivity (Wildman–Crippen MR) is 64.4 cm³/mol. The Balaban J connectivity index is 2.84. The molecule has 0 amide bonds. The summed E-state index contributed by atoms with van der Waals surface area (Å²) >= 11 is 2.01. The van der Waals surface area contributed by atoms with E-state index < -0.39 is 0 Å². The number of rotatable bonds is 3. The molecule has 1 aromatic rings. The van der Waals surface area contributed by atoms with Crippen molar-refractivity contribution in [2.75, 3.05) is 6.61 Å². The van der Waals surface area contributed by atoms with Gasteiger partial charge in [-0.1, -0.05) is 5.92 Å². The van der Waals surface area contributed by atoms with E-state index in [1.807, 2.05) is 22.6 Å². The SMILES string of the molecule is CC#CCn1cc(C(=O)OCC)c(I)n1. The van der Waals surface area contributed by atoms with Gasteiger partial charge < -0.3 is 4.74 Å². The van der Waals surface area contributed by atoms with Crippen molar-refractivity contribution in [2.24, 2.45) is 0 Å². The molecule has 0 saturated heterocycles. The summed E-state index contributed by atoms with van der Waals surface area (Å²) in [6, 6.07) is 0. The number of hydrogen-bond donors (Lipinski definition) is 0. The van der Waals surface area contributed by atoms with E-state index in [1.165, 1.54) is 0 Å². The maximum absolute atomic E-state index is 11.4. The van der Waals surface area contributed by atoms with E-state index in [4.69, 9.17) is 4.74 Å². The first-order valence-electron chi connectivity index (χ1n) is 4.48. The predicted octanol–water partition coefficient (Wildman–Crippen LogP) is 1.69. The minimum absolute atomic E-state index is 0.336. The van der Waals surface area contributed by atoms with Gasteiger partial charge in [0.05, 0.1) is 6.61 Å². The van der Waals surface area contributed by atoms with Crippen LogP contribution in [0.3, 0.4) is 0 Å². The number of carbonyl (C=O) groups is 1. The lowest BCUT2D eigenvalue weighted by molar-refractivity contribution is 0.0525. The second kappa shape index (κ2) is 5.75. The Kier molecular flexibility index (Phi) is 4.62. The van der Waals surface area contributed by atoms with Gasteiger partial charge in [0, 0.05) is 6.20 Å². The highest BCUT2D eigenvalue weighted by molar-refractivity contribution is 14.1. The maximum Gasteiger partial charge on any atom is 0.342 e. The Morgan fingerprint density at radius 1 is 1.73 bits per heavy atom. The average Bonchev–Trinajstić information content (AvgIpc) is 2.57. The number of carbonyl (C=O) groups excluding carboxylic acids is 1. The fraction of sp³-hybridized carbons (Fsp3) is 0.400. The molecule has 0 fully saturated rings. The van der Waals surface area contributed by atoms with Crippen molar-refractivity contribution in [1.29, 1.82) is 0 Å². The fourth-order valence-electron chi connectivity index (χ4n) is 0.985. The van der Waals surface area contributed by atoms with E-state index in [9.17, 15) is 4.79 Å². The largest absolute Gasteiger partial charge is 0.462 e. The summed E-state index contributed by atoms with van der Waals surface area (Å²) < 4.78 is 7.17. The van der Waals surface area contributed by atoms with Gasteiger partial charge in [-0.25, -0.2) is 4.79 Å². The second-order valence-corrected chi connectivity index (χ2v) is 3.70. The van der Waals surface area contributed by atoms with Crippen LogP contribution in [0.2, 0.25) is 0 Å². The quantitative estimate of drug-likeness (QED) is 0.484. The molecular formula is C10H11IN2O2. The third-order valence-electron chi connectivity index (χ3n) is 1.63. The molecule has 5 heteroatoms. The zero-order chi connectivity index (χ0) is 11.3. The van der Waals surface area contributed by atoms with E-state index in [0.29, 0.717) is 22.4 Å². The third-order valence-corrected chi connectivity index (χ3v) is 2.43.